The molecule has 1 aliphatic carbocycles. The lowest BCUT2D eigenvalue weighted by molar-refractivity contribution is 0.101. The predicted octanol–water partition coefficient (Wildman–Crippen LogP) is 5.40. The molecule has 0 radical (unpaired) electrons. The number of benzene rings is 1. The first-order valence-corrected chi connectivity index (χ1v) is 7.85. The second kappa shape index (κ2) is 6.45. The molecule has 1 heteroatoms. The van der Waals surface area contributed by atoms with Crippen LogP contribution in [0, 0.1) is 11.8 Å². The van der Waals surface area contributed by atoms with Gasteiger partial charge in [0, 0.05) is 0 Å². The van der Waals surface area contributed by atoms with Crippen molar-refractivity contribution in [3.63, 3.8) is 0 Å². The van der Waals surface area contributed by atoms with Crippen LogP contribution in [0.4, 0.5) is 0 Å². The topological polar surface area (TPSA) is 9.23 Å². The lowest BCUT2D eigenvalue weighted by Crippen LogP contribution is -2.28. The van der Waals surface area contributed by atoms with Crippen molar-refractivity contribution in [1.82, 2.24) is 0 Å². The Hall–Kier alpha value is -0.980. The van der Waals surface area contributed by atoms with Crippen LogP contribution in [0.1, 0.15) is 64.9 Å². The van der Waals surface area contributed by atoms with Crippen molar-refractivity contribution in [1.29, 1.82) is 0 Å². The van der Waals surface area contributed by atoms with Gasteiger partial charge in [-0.2, -0.15) is 0 Å². The van der Waals surface area contributed by atoms with Gasteiger partial charge in [0.05, 0.1) is 6.10 Å². The van der Waals surface area contributed by atoms with Gasteiger partial charge in [0.1, 0.15) is 5.75 Å². The molecule has 0 heterocycles. The summed E-state index contributed by atoms with van der Waals surface area (Å²) in [4.78, 5) is 0. The van der Waals surface area contributed by atoms with Crippen molar-refractivity contribution in [2.45, 2.75) is 65.4 Å². The lowest BCUT2D eigenvalue weighted by Gasteiger charge is -2.31. The van der Waals surface area contributed by atoms with E-state index in [1.54, 1.807) is 0 Å². The van der Waals surface area contributed by atoms with Crippen molar-refractivity contribution in [2.75, 3.05) is 0 Å². The molecule has 0 aromatic heterocycles. The Morgan fingerprint density at radius 1 is 1.05 bits per heavy atom. The minimum atomic E-state index is 0.410. The van der Waals surface area contributed by atoms with Crippen LogP contribution >= 0.6 is 0 Å². The molecule has 1 aliphatic rings. The third-order valence-electron chi connectivity index (χ3n) is 4.50. The Labute approximate surface area is 118 Å². The Morgan fingerprint density at radius 3 is 2.16 bits per heavy atom. The van der Waals surface area contributed by atoms with Gasteiger partial charge < -0.3 is 4.74 Å². The maximum Gasteiger partial charge on any atom is 0.119 e. The third kappa shape index (κ3) is 3.99. The van der Waals surface area contributed by atoms with Gasteiger partial charge in [0.15, 0.2) is 0 Å². The summed E-state index contributed by atoms with van der Waals surface area (Å²) in [6.07, 6.45) is 5.37. The minimum absolute atomic E-state index is 0.410. The van der Waals surface area contributed by atoms with Crippen LogP contribution in [0.2, 0.25) is 0 Å². The van der Waals surface area contributed by atoms with E-state index in [4.69, 9.17) is 4.74 Å². The zero-order valence-electron chi connectivity index (χ0n) is 12.9. The molecule has 3 unspecified atom stereocenters. The Morgan fingerprint density at radius 2 is 1.63 bits per heavy atom. The fourth-order valence-corrected chi connectivity index (χ4v) is 3.27. The fraction of sp³-hybridized carbons (Fsp3) is 0.667. The van der Waals surface area contributed by atoms with Gasteiger partial charge >= 0.3 is 0 Å². The molecule has 19 heavy (non-hydrogen) atoms. The van der Waals surface area contributed by atoms with E-state index in [2.05, 4.69) is 52.0 Å². The molecule has 1 saturated carbocycles. The van der Waals surface area contributed by atoms with E-state index in [0.717, 1.165) is 17.6 Å². The molecule has 2 rings (SSSR count). The molecular formula is C18H28O. The molecule has 3 atom stereocenters. The number of ether oxygens (including phenoxy) is 1. The van der Waals surface area contributed by atoms with Gasteiger partial charge in [-0.1, -0.05) is 39.8 Å². The van der Waals surface area contributed by atoms with Crippen LogP contribution < -0.4 is 4.74 Å². The average molecular weight is 260 g/mol. The summed E-state index contributed by atoms with van der Waals surface area (Å²) in [5, 5.41) is 0. The monoisotopic (exact) mass is 260 g/mol. The summed E-state index contributed by atoms with van der Waals surface area (Å²) >= 11 is 0. The van der Waals surface area contributed by atoms with Gasteiger partial charge in [-0.3, -0.25) is 0 Å². The summed E-state index contributed by atoms with van der Waals surface area (Å²) in [7, 11) is 0. The van der Waals surface area contributed by atoms with E-state index in [0.29, 0.717) is 12.0 Å². The molecule has 1 aromatic carbocycles. The summed E-state index contributed by atoms with van der Waals surface area (Å²) in [6, 6.07) is 8.73. The molecule has 0 saturated heterocycles. The highest BCUT2D eigenvalue weighted by molar-refractivity contribution is 5.29. The van der Waals surface area contributed by atoms with Crippen LogP contribution in [-0.2, 0) is 0 Å². The highest BCUT2D eigenvalue weighted by atomic mass is 16.5. The Balaban J connectivity index is 1.95. The first kappa shape index (κ1) is 14.4. The second-order valence-corrected chi connectivity index (χ2v) is 6.54. The summed E-state index contributed by atoms with van der Waals surface area (Å²) < 4.78 is 6.16. The molecule has 0 aliphatic heterocycles. The minimum Gasteiger partial charge on any atom is -0.490 e. The van der Waals surface area contributed by atoms with E-state index in [-0.39, 0.29) is 0 Å². The first-order valence-electron chi connectivity index (χ1n) is 7.85. The molecular weight excluding hydrogens is 232 g/mol. The Kier molecular flexibility index (Phi) is 4.90. The van der Waals surface area contributed by atoms with E-state index in [9.17, 15) is 0 Å². The zero-order chi connectivity index (χ0) is 13.8. The predicted molar refractivity (Wildman–Crippen MR) is 81.7 cm³/mol. The smallest absolute Gasteiger partial charge is 0.119 e. The maximum absolute atomic E-state index is 6.16. The highest BCUT2D eigenvalue weighted by Gasteiger charge is 2.25. The van der Waals surface area contributed by atoms with Crippen molar-refractivity contribution in [2.24, 2.45) is 11.8 Å². The summed E-state index contributed by atoms with van der Waals surface area (Å²) in [6.45, 7) is 9.20. The standard InChI is InChI=1S/C18H28O/c1-5-15(4)16-6-8-17(9-7-16)19-18-11-13(2)10-14(3)12-18/h6-9,13-15,18H,5,10-12H2,1-4H3. The third-order valence-corrected chi connectivity index (χ3v) is 4.50. The van der Waals surface area contributed by atoms with Crippen LogP contribution in [0.5, 0.6) is 5.75 Å². The SMILES string of the molecule is CCC(C)c1ccc(OC2CC(C)CC(C)C2)cc1. The van der Waals surface area contributed by atoms with Gasteiger partial charge in [-0.15, -0.1) is 0 Å². The molecule has 0 bridgehead atoms. The van der Waals surface area contributed by atoms with Gasteiger partial charge in [0.2, 0.25) is 0 Å². The van der Waals surface area contributed by atoms with E-state index < -0.39 is 0 Å². The highest BCUT2D eigenvalue weighted by Crippen LogP contribution is 2.31. The van der Waals surface area contributed by atoms with Crippen LogP contribution in [0.15, 0.2) is 24.3 Å². The molecule has 0 spiro atoms. The Bertz CT molecular complexity index is 371. The normalized spacial score (nSPS) is 28.9. The average Bonchev–Trinajstić information content (AvgIpc) is 2.37. The first-order chi connectivity index (χ1) is 9.08. The van der Waals surface area contributed by atoms with E-state index in [1.165, 1.54) is 31.2 Å². The number of hydrogen-bond donors (Lipinski definition) is 0. The maximum atomic E-state index is 6.16. The van der Waals surface area contributed by atoms with E-state index in [1.807, 2.05) is 0 Å². The summed E-state index contributed by atoms with van der Waals surface area (Å²) in [5.41, 5.74) is 1.42. The van der Waals surface area contributed by atoms with Gasteiger partial charge in [0.25, 0.3) is 0 Å². The van der Waals surface area contributed by atoms with Gasteiger partial charge in [-0.05, 0) is 61.1 Å². The quantitative estimate of drug-likeness (QED) is 0.704. The second-order valence-electron chi connectivity index (χ2n) is 6.54. The van der Waals surface area contributed by atoms with Crippen molar-refractivity contribution in [3.05, 3.63) is 29.8 Å². The van der Waals surface area contributed by atoms with Gasteiger partial charge in [-0.25, -0.2) is 0 Å². The van der Waals surface area contributed by atoms with Crippen LogP contribution in [-0.4, -0.2) is 6.10 Å². The zero-order valence-corrected chi connectivity index (χ0v) is 12.9. The van der Waals surface area contributed by atoms with E-state index >= 15 is 0 Å². The molecule has 0 amide bonds. The van der Waals surface area contributed by atoms with Crippen molar-refractivity contribution in [3.8, 4) is 5.75 Å². The summed E-state index contributed by atoms with van der Waals surface area (Å²) in [5.74, 6) is 3.28. The molecule has 1 fully saturated rings. The van der Waals surface area contributed by atoms with Crippen molar-refractivity contribution < 1.29 is 4.74 Å². The van der Waals surface area contributed by atoms with Crippen LogP contribution in [0.3, 0.4) is 0 Å². The molecule has 0 N–H and O–H groups in total. The lowest BCUT2D eigenvalue weighted by atomic mass is 9.82. The van der Waals surface area contributed by atoms with Crippen LogP contribution in [0.25, 0.3) is 0 Å². The molecule has 1 nitrogen and oxygen atoms in total. The molecule has 1 aromatic rings. The largest absolute Gasteiger partial charge is 0.490 e. The molecule has 106 valence electrons. The number of hydrogen-bond acceptors (Lipinski definition) is 1. The fourth-order valence-electron chi connectivity index (χ4n) is 3.27. The van der Waals surface area contributed by atoms with Crippen molar-refractivity contribution >= 4 is 0 Å². The number of rotatable bonds is 4.